The number of hydrogen-bond acceptors (Lipinski definition) is 3. The number of hydrogen-bond donors (Lipinski definition) is 2. The Morgan fingerprint density at radius 1 is 1.07 bits per heavy atom. The summed E-state index contributed by atoms with van der Waals surface area (Å²) in [6.45, 7) is 3.53. The number of carbonyl (C=O) groups excluding carboxylic acids is 2. The molecule has 6 heteroatoms. The Balaban J connectivity index is 0.00000261. The minimum absolute atomic E-state index is 0. The fraction of sp³-hybridized carbons (Fsp3) is 0.333. The number of likely N-dealkylation sites (tertiary alicyclic amines) is 1. The molecular weight excluding hydrogens is 362 g/mol. The van der Waals surface area contributed by atoms with Gasteiger partial charge in [-0.3, -0.25) is 9.59 Å². The second-order valence-corrected chi connectivity index (χ2v) is 6.82. The van der Waals surface area contributed by atoms with E-state index in [1.165, 1.54) is 5.56 Å². The van der Waals surface area contributed by atoms with Crippen LogP contribution >= 0.6 is 12.4 Å². The first-order chi connectivity index (χ1) is 12.6. The summed E-state index contributed by atoms with van der Waals surface area (Å²) < 4.78 is 0. The van der Waals surface area contributed by atoms with E-state index in [1.807, 2.05) is 29.2 Å². The molecule has 1 aliphatic heterocycles. The third-order valence-electron chi connectivity index (χ3n) is 5.04. The number of nitrogens with zero attached hydrogens (tertiary/aromatic N) is 1. The van der Waals surface area contributed by atoms with E-state index in [2.05, 4.69) is 17.4 Å². The Kier molecular flexibility index (Phi) is 7.39. The van der Waals surface area contributed by atoms with E-state index in [0.29, 0.717) is 25.2 Å². The minimum Gasteiger partial charge on any atom is -0.341 e. The van der Waals surface area contributed by atoms with Crippen molar-refractivity contribution in [2.75, 3.05) is 19.6 Å². The fourth-order valence-corrected chi connectivity index (χ4v) is 3.57. The molecule has 3 atom stereocenters. The van der Waals surface area contributed by atoms with Gasteiger partial charge in [-0.25, -0.2) is 0 Å². The van der Waals surface area contributed by atoms with Gasteiger partial charge in [-0.05, 0) is 37.1 Å². The fourth-order valence-electron chi connectivity index (χ4n) is 3.57. The molecule has 2 aromatic rings. The maximum atomic E-state index is 12.8. The van der Waals surface area contributed by atoms with Crippen LogP contribution in [0.4, 0.5) is 0 Å². The van der Waals surface area contributed by atoms with Crippen molar-refractivity contribution >= 4 is 24.2 Å². The van der Waals surface area contributed by atoms with Crippen molar-refractivity contribution < 1.29 is 9.59 Å². The maximum absolute atomic E-state index is 12.8. The van der Waals surface area contributed by atoms with E-state index >= 15 is 0 Å². The predicted molar refractivity (Wildman–Crippen MR) is 109 cm³/mol. The first kappa shape index (κ1) is 20.9. The van der Waals surface area contributed by atoms with Gasteiger partial charge in [0.1, 0.15) is 6.04 Å². The van der Waals surface area contributed by atoms with Gasteiger partial charge in [0, 0.05) is 24.6 Å². The van der Waals surface area contributed by atoms with E-state index in [0.717, 1.165) is 0 Å². The van der Waals surface area contributed by atoms with Crippen molar-refractivity contribution in [1.82, 2.24) is 10.2 Å². The molecule has 3 N–H and O–H groups in total. The number of nitrogens with two attached hydrogens (primary N) is 1. The van der Waals surface area contributed by atoms with Crippen molar-refractivity contribution in [3.05, 3.63) is 71.8 Å². The summed E-state index contributed by atoms with van der Waals surface area (Å²) >= 11 is 0. The molecule has 0 saturated carbocycles. The van der Waals surface area contributed by atoms with Crippen molar-refractivity contribution in [2.45, 2.75) is 18.9 Å². The molecule has 5 nitrogen and oxygen atoms in total. The van der Waals surface area contributed by atoms with Gasteiger partial charge in [-0.1, -0.05) is 48.5 Å². The molecule has 0 radical (unpaired) electrons. The molecule has 1 heterocycles. The van der Waals surface area contributed by atoms with Crippen LogP contribution < -0.4 is 11.1 Å². The van der Waals surface area contributed by atoms with E-state index in [1.54, 1.807) is 31.2 Å². The quantitative estimate of drug-likeness (QED) is 0.827. The van der Waals surface area contributed by atoms with Crippen molar-refractivity contribution in [3.63, 3.8) is 0 Å². The van der Waals surface area contributed by atoms with Gasteiger partial charge in [-0.15, -0.1) is 12.4 Å². The molecule has 1 fully saturated rings. The highest BCUT2D eigenvalue weighted by molar-refractivity contribution is 5.97. The van der Waals surface area contributed by atoms with Crippen molar-refractivity contribution in [1.29, 1.82) is 0 Å². The van der Waals surface area contributed by atoms with Crippen LogP contribution in [0.2, 0.25) is 0 Å². The molecule has 144 valence electrons. The van der Waals surface area contributed by atoms with E-state index in [4.69, 9.17) is 5.73 Å². The monoisotopic (exact) mass is 387 g/mol. The van der Waals surface area contributed by atoms with Crippen molar-refractivity contribution in [3.8, 4) is 0 Å². The van der Waals surface area contributed by atoms with Crippen LogP contribution in [-0.2, 0) is 4.79 Å². The molecule has 1 saturated heterocycles. The highest BCUT2D eigenvalue weighted by atomic mass is 35.5. The zero-order valence-corrected chi connectivity index (χ0v) is 16.2. The Labute approximate surface area is 166 Å². The third-order valence-corrected chi connectivity index (χ3v) is 5.04. The summed E-state index contributed by atoms with van der Waals surface area (Å²) in [7, 11) is 0. The molecule has 2 aromatic carbocycles. The molecule has 3 rings (SSSR count). The molecular formula is C21H26ClN3O2. The number of amides is 2. The number of benzene rings is 2. The molecule has 1 aliphatic rings. The number of rotatable bonds is 5. The smallest absolute Gasteiger partial charge is 0.251 e. The van der Waals surface area contributed by atoms with Crippen LogP contribution in [0.1, 0.15) is 28.8 Å². The lowest BCUT2D eigenvalue weighted by molar-refractivity contribution is -0.131. The molecule has 0 aromatic heterocycles. The van der Waals surface area contributed by atoms with Gasteiger partial charge in [0.15, 0.2) is 0 Å². The zero-order chi connectivity index (χ0) is 18.5. The SMILES string of the molecule is CC(NC(=O)c1ccccc1)C(=O)N1C[C@@H](CN)[C@H](c2ccccc2)C1.Cl. The number of carbonyl (C=O) groups is 2. The molecule has 1 unspecified atom stereocenters. The number of nitrogens with one attached hydrogen (secondary N) is 1. The Morgan fingerprint density at radius 3 is 2.26 bits per heavy atom. The summed E-state index contributed by atoms with van der Waals surface area (Å²) in [5, 5.41) is 2.80. The summed E-state index contributed by atoms with van der Waals surface area (Å²) in [5.41, 5.74) is 7.71. The van der Waals surface area contributed by atoms with E-state index < -0.39 is 6.04 Å². The lowest BCUT2D eigenvalue weighted by atomic mass is 9.89. The van der Waals surface area contributed by atoms with Crippen LogP contribution in [0.5, 0.6) is 0 Å². The molecule has 0 aliphatic carbocycles. The molecule has 2 amide bonds. The maximum Gasteiger partial charge on any atom is 0.251 e. The van der Waals surface area contributed by atoms with Gasteiger partial charge in [0.05, 0.1) is 0 Å². The Bertz CT molecular complexity index is 755. The standard InChI is InChI=1S/C21H25N3O2.ClH/c1-15(23-20(25)17-10-6-3-7-11-17)21(26)24-13-18(12-22)19(14-24)16-8-4-2-5-9-16;/h2-11,15,18-19H,12-14,22H2,1H3,(H,23,25);1H/t15?,18-,19+;/m1./s1. The van der Waals surface area contributed by atoms with Gasteiger partial charge >= 0.3 is 0 Å². The molecule has 27 heavy (non-hydrogen) atoms. The van der Waals surface area contributed by atoms with Gasteiger partial charge in [-0.2, -0.15) is 0 Å². The lowest BCUT2D eigenvalue weighted by Gasteiger charge is -2.22. The summed E-state index contributed by atoms with van der Waals surface area (Å²) in [5.74, 6) is 0.173. The topological polar surface area (TPSA) is 75.4 Å². The van der Waals surface area contributed by atoms with Gasteiger partial charge < -0.3 is 16.0 Å². The van der Waals surface area contributed by atoms with Crippen LogP contribution in [0.15, 0.2) is 60.7 Å². The molecule has 0 bridgehead atoms. The minimum atomic E-state index is -0.573. The second-order valence-electron chi connectivity index (χ2n) is 6.82. The molecule has 0 spiro atoms. The highest BCUT2D eigenvalue weighted by Gasteiger charge is 2.36. The normalized spacial score (nSPS) is 19.9. The predicted octanol–water partition coefficient (Wildman–Crippen LogP) is 2.43. The van der Waals surface area contributed by atoms with E-state index in [9.17, 15) is 9.59 Å². The second kappa shape index (κ2) is 9.53. The average molecular weight is 388 g/mol. The Hall–Kier alpha value is -2.37. The third kappa shape index (κ3) is 4.87. The van der Waals surface area contributed by atoms with Crippen LogP contribution in [-0.4, -0.2) is 42.4 Å². The van der Waals surface area contributed by atoms with Gasteiger partial charge in [0.25, 0.3) is 5.91 Å². The highest BCUT2D eigenvalue weighted by Crippen LogP contribution is 2.32. The largest absolute Gasteiger partial charge is 0.341 e. The lowest BCUT2D eigenvalue weighted by Crippen LogP contribution is -2.46. The zero-order valence-electron chi connectivity index (χ0n) is 15.4. The van der Waals surface area contributed by atoms with Crippen LogP contribution in [0.25, 0.3) is 0 Å². The first-order valence-electron chi connectivity index (χ1n) is 9.00. The average Bonchev–Trinajstić information content (AvgIpc) is 3.13. The number of halogens is 1. The van der Waals surface area contributed by atoms with Crippen molar-refractivity contribution in [2.24, 2.45) is 11.7 Å². The summed E-state index contributed by atoms with van der Waals surface area (Å²) in [6.07, 6.45) is 0. The Morgan fingerprint density at radius 2 is 1.67 bits per heavy atom. The summed E-state index contributed by atoms with van der Waals surface area (Å²) in [4.78, 5) is 26.9. The van der Waals surface area contributed by atoms with Gasteiger partial charge in [0.2, 0.25) is 5.91 Å². The first-order valence-corrected chi connectivity index (χ1v) is 9.00. The van der Waals surface area contributed by atoms with Crippen LogP contribution in [0.3, 0.4) is 0 Å². The summed E-state index contributed by atoms with van der Waals surface area (Å²) in [6, 6.07) is 18.5. The van der Waals surface area contributed by atoms with E-state index in [-0.39, 0.29) is 36.1 Å². The van der Waals surface area contributed by atoms with Crippen LogP contribution in [0, 0.1) is 5.92 Å².